The molecule has 5 nitrogen and oxygen atoms in total. The highest BCUT2D eigenvalue weighted by Gasteiger charge is 2.39. The Kier molecular flexibility index (Phi) is 4.10. The molecule has 18 heavy (non-hydrogen) atoms. The Labute approximate surface area is 101 Å². The Morgan fingerprint density at radius 1 is 1.56 bits per heavy atom. The summed E-state index contributed by atoms with van der Waals surface area (Å²) in [6.07, 6.45) is -3.90. The number of carboxylic acid groups (broad SMARTS) is 1. The van der Waals surface area contributed by atoms with E-state index in [1.807, 2.05) is 0 Å². The highest BCUT2D eigenvalue weighted by atomic mass is 19.4. The van der Waals surface area contributed by atoms with Crippen molar-refractivity contribution in [2.45, 2.75) is 25.4 Å². The van der Waals surface area contributed by atoms with Gasteiger partial charge in [-0.1, -0.05) is 6.92 Å². The Morgan fingerprint density at radius 3 is 2.56 bits per heavy atom. The monoisotopic (exact) mass is 264 g/mol. The quantitative estimate of drug-likeness (QED) is 0.901. The maximum Gasteiger partial charge on any atom is 0.433 e. The van der Waals surface area contributed by atoms with Crippen LogP contribution in [-0.2, 0) is 11.0 Å². The number of ether oxygens (including phenoxy) is 1. The van der Waals surface area contributed by atoms with Crippen molar-refractivity contribution < 1.29 is 27.8 Å². The molecule has 1 aromatic rings. The second-order valence-electron chi connectivity index (χ2n) is 3.46. The number of aromatic nitrogens is 2. The van der Waals surface area contributed by atoms with Gasteiger partial charge >= 0.3 is 18.2 Å². The molecule has 100 valence electrons. The van der Waals surface area contributed by atoms with Gasteiger partial charge in [0.25, 0.3) is 0 Å². The van der Waals surface area contributed by atoms with E-state index in [-0.39, 0.29) is 6.42 Å². The van der Waals surface area contributed by atoms with Crippen molar-refractivity contribution in [2.24, 2.45) is 0 Å². The maximum atomic E-state index is 12.8. The van der Waals surface area contributed by atoms with Crippen LogP contribution in [0.3, 0.4) is 0 Å². The highest BCUT2D eigenvalue weighted by molar-refractivity contribution is 5.76. The molecule has 0 saturated carbocycles. The second kappa shape index (κ2) is 5.19. The molecule has 1 rings (SSSR count). The molecule has 0 radical (unpaired) electrons. The molecule has 0 fully saturated rings. The van der Waals surface area contributed by atoms with Gasteiger partial charge in [-0.2, -0.15) is 18.2 Å². The summed E-state index contributed by atoms with van der Waals surface area (Å²) in [6.45, 7) is 1.48. The SMILES string of the molecule is CCC(C(=O)O)c1cnc(OC)nc1C(F)(F)F. The zero-order chi connectivity index (χ0) is 13.9. The molecule has 0 aliphatic rings. The fourth-order valence-corrected chi connectivity index (χ4v) is 1.48. The molecule has 1 atom stereocenters. The van der Waals surface area contributed by atoms with Crippen LogP contribution in [0.2, 0.25) is 0 Å². The average Bonchev–Trinajstić information content (AvgIpc) is 2.28. The summed E-state index contributed by atoms with van der Waals surface area (Å²) in [6, 6.07) is -0.452. The van der Waals surface area contributed by atoms with Crippen LogP contribution in [0.15, 0.2) is 6.20 Å². The van der Waals surface area contributed by atoms with Crippen molar-refractivity contribution in [1.82, 2.24) is 9.97 Å². The van der Waals surface area contributed by atoms with Crippen molar-refractivity contribution in [2.75, 3.05) is 7.11 Å². The second-order valence-corrected chi connectivity index (χ2v) is 3.46. The summed E-state index contributed by atoms with van der Waals surface area (Å²) >= 11 is 0. The summed E-state index contributed by atoms with van der Waals surface area (Å²) in [5.74, 6) is -2.65. The van der Waals surface area contributed by atoms with Crippen LogP contribution < -0.4 is 4.74 Å². The lowest BCUT2D eigenvalue weighted by Crippen LogP contribution is -2.20. The molecule has 8 heteroatoms. The van der Waals surface area contributed by atoms with E-state index < -0.39 is 35.3 Å². The van der Waals surface area contributed by atoms with Crippen LogP contribution in [0.1, 0.15) is 30.5 Å². The maximum absolute atomic E-state index is 12.8. The molecule has 1 aromatic heterocycles. The fraction of sp³-hybridized carbons (Fsp3) is 0.500. The summed E-state index contributed by atoms with van der Waals surface area (Å²) in [5, 5.41) is 8.89. The van der Waals surface area contributed by atoms with Crippen molar-refractivity contribution in [3.63, 3.8) is 0 Å². The molecule has 0 spiro atoms. The third-order valence-corrected chi connectivity index (χ3v) is 2.33. The van der Waals surface area contributed by atoms with E-state index in [4.69, 9.17) is 5.11 Å². The third-order valence-electron chi connectivity index (χ3n) is 2.33. The van der Waals surface area contributed by atoms with E-state index >= 15 is 0 Å². The molecular weight excluding hydrogens is 253 g/mol. The van der Waals surface area contributed by atoms with Gasteiger partial charge in [-0.3, -0.25) is 4.79 Å². The van der Waals surface area contributed by atoms with Crippen LogP contribution >= 0.6 is 0 Å². The van der Waals surface area contributed by atoms with Gasteiger partial charge in [0.15, 0.2) is 5.69 Å². The zero-order valence-electron chi connectivity index (χ0n) is 9.65. The van der Waals surface area contributed by atoms with Crippen LogP contribution in [0, 0.1) is 0 Å². The van der Waals surface area contributed by atoms with Crippen molar-refractivity contribution >= 4 is 5.97 Å². The van der Waals surface area contributed by atoms with E-state index in [1.165, 1.54) is 6.92 Å². The summed E-state index contributed by atoms with van der Waals surface area (Å²) in [7, 11) is 1.13. The number of carboxylic acids is 1. The number of methoxy groups -OCH3 is 1. The largest absolute Gasteiger partial charge is 0.481 e. The summed E-state index contributed by atoms with van der Waals surface area (Å²) < 4.78 is 42.9. The van der Waals surface area contributed by atoms with Gasteiger partial charge in [-0.25, -0.2) is 4.98 Å². The smallest absolute Gasteiger partial charge is 0.433 e. The topological polar surface area (TPSA) is 72.3 Å². The molecule has 0 bridgehead atoms. The van der Waals surface area contributed by atoms with Crippen molar-refractivity contribution in [3.05, 3.63) is 17.5 Å². The fourth-order valence-electron chi connectivity index (χ4n) is 1.48. The van der Waals surface area contributed by atoms with Crippen LogP contribution in [0.25, 0.3) is 0 Å². The van der Waals surface area contributed by atoms with E-state index in [0.717, 1.165) is 13.3 Å². The lowest BCUT2D eigenvalue weighted by atomic mass is 9.96. The number of halogens is 3. The number of nitrogens with zero attached hydrogens (tertiary/aromatic N) is 2. The zero-order valence-corrected chi connectivity index (χ0v) is 9.65. The number of carbonyl (C=O) groups is 1. The van der Waals surface area contributed by atoms with Gasteiger partial charge in [0.2, 0.25) is 0 Å². The molecule has 0 aliphatic heterocycles. The molecule has 0 amide bonds. The minimum atomic E-state index is -4.76. The molecule has 0 saturated heterocycles. The van der Waals surface area contributed by atoms with Crippen molar-refractivity contribution in [3.8, 4) is 6.01 Å². The van der Waals surface area contributed by atoms with E-state index in [2.05, 4.69) is 14.7 Å². The van der Waals surface area contributed by atoms with Gasteiger partial charge in [0.05, 0.1) is 13.0 Å². The van der Waals surface area contributed by atoms with E-state index in [1.54, 1.807) is 0 Å². The Hall–Kier alpha value is -1.86. The first kappa shape index (κ1) is 14.2. The normalized spacial score (nSPS) is 13.2. The Bertz CT molecular complexity index is 448. The lowest BCUT2D eigenvalue weighted by molar-refractivity contribution is -0.144. The standard InChI is InChI=1S/C10H11F3N2O3/c1-3-5(8(16)17)6-4-14-9(18-2)15-7(6)10(11,12)13/h4-5H,3H2,1-2H3,(H,16,17). The van der Waals surface area contributed by atoms with Crippen molar-refractivity contribution in [1.29, 1.82) is 0 Å². The number of rotatable bonds is 4. The first-order chi connectivity index (χ1) is 8.31. The Balaban J connectivity index is 3.38. The number of hydrogen-bond acceptors (Lipinski definition) is 4. The minimum Gasteiger partial charge on any atom is -0.481 e. The van der Waals surface area contributed by atoms with Gasteiger partial charge in [-0.15, -0.1) is 0 Å². The summed E-state index contributed by atoms with van der Waals surface area (Å²) in [5.41, 5.74) is -1.73. The lowest BCUT2D eigenvalue weighted by Gasteiger charge is -2.16. The minimum absolute atomic E-state index is 0.00804. The van der Waals surface area contributed by atoms with Crippen LogP contribution in [0.5, 0.6) is 6.01 Å². The van der Waals surface area contributed by atoms with Gasteiger partial charge in [0.1, 0.15) is 0 Å². The average molecular weight is 264 g/mol. The molecular formula is C10H11F3N2O3. The molecule has 1 N–H and O–H groups in total. The number of hydrogen-bond donors (Lipinski definition) is 1. The number of aliphatic carboxylic acids is 1. The first-order valence-corrected chi connectivity index (χ1v) is 5.02. The predicted octanol–water partition coefficient (Wildman–Crippen LogP) is 2.08. The van der Waals surface area contributed by atoms with Crippen LogP contribution in [0.4, 0.5) is 13.2 Å². The predicted molar refractivity (Wildman–Crippen MR) is 54.3 cm³/mol. The van der Waals surface area contributed by atoms with Gasteiger partial charge in [0, 0.05) is 11.8 Å². The number of alkyl halides is 3. The van der Waals surface area contributed by atoms with E-state index in [0.29, 0.717) is 0 Å². The molecule has 1 unspecified atom stereocenters. The molecule has 1 heterocycles. The van der Waals surface area contributed by atoms with Crippen LogP contribution in [-0.4, -0.2) is 28.2 Å². The highest BCUT2D eigenvalue weighted by Crippen LogP contribution is 2.35. The Morgan fingerprint density at radius 2 is 2.17 bits per heavy atom. The molecule has 0 aromatic carbocycles. The van der Waals surface area contributed by atoms with Gasteiger partial charge in [-0.05, 0) is 6.42 Å². The summed E-state index contributed by atoms with van der Waals surface area (Å²) in [4.78, 5) is 17.6. The van der Waals surface area contributed by atoms with E-state index in [9.17, 15) is 18.0 Å². The molecule has 0 aliphatic carbocycles. The first-order valence-electron chi connectivity index (χ1n) is 5.02. The third kappa shape index (κ3) is 2.88. The van der Waals surface area contributed by atoms with Gasteiger partial charge < -0.3 is 9.84 Å².